The van der Waals surface area contributed by atoms with Gasteiger partial charge in [-0.3, -0.25) is 0 Å². The maximum Gasteiger partial charge on any atom is 0.243 e. The molecule has 120 valence electrons. The van der Waals surface area contributed by atoms with E-state index in [9.17, 15) is 8.42 Å². The van der Waals surface area contributed by atoms with Gasteiger partial charge in [-0.1, -0.05) is 26.0 Å². The highest BCUT2D eigenvalue weighted by molar-refractivity contribution is 7.89. The molecule has 0 aliphatic carbocycles. The molecule has 0 spiro atoms. The first kappa shape index (κ1) is 16.8. The highest BCUT2D eigenvalue weighted by Gasteiger charge is 2.23. The molecule has 0 atom stereocenters. The van der Waals surface area contributed by atoms with Crippen LogP contribution >= 0.6 is 0 Å². The fourth-order valence-electron chi connectivity index (χ4n) is 2.49. The molecule has 0 aliphatic rings. The van der Waals surface area contributed by atoms with Gasteiger partial charge in [0.15, 0.2) is 0 Å². The molecule has 0 saturated carbocycles. The van der Waals surface area contributed by atoms with Crippen molar-refractivity contribution in [2.45, 2.75) is 31.6 Å². The summed E-state index contributed by atoms with van der Waals surface area (Å²) in [5.41, 5.74) is 0. The number of rotatable bonds is 7. The Labute approximate surface area is 132 Å². The molecule has 0 heterocycles. The number of hydrogen-bond acceptors (Lipinski definition) is 3. The van der Waals surface area contributed by atoms with Gasteiger partial charge in [0.1, 0.15) is 5.75 Å². The van der Waals surface area contributed by atoms with Crippen molar-refractivity contribution in [1.29, 1.82) is 0 Å². The van der Waals surface area contributed by atoms with Crippen molar-refractivity contribution in [3.63, 3.8) is 0 Å². The Morgan fingerprint density at radius 2 is 1.55 bits per heavy atom. The van der Waals surface area contributed by atoms with Crippen LogP contribution in [0, 0.1) is 0 Å². The van der Waals surface area contributed by atoms with Crippen LogP contribution in [0.5, 0.6) is 5.75 Å². The summed E-state index contributed by atoms with van der Waals surface area (Å²) in [5.74, 6) is 0.765. The molecule has 0 bridgehead atoms. The van der Waals surface area contributed by atoms with Gasteiger partial charge in [0.05, 0.1) is 12.0 Å². The minimum atomic E-state index is -3.43. The van der Waals surface area contributed by atoms with Crippen molar-refractivity contribution in [1.82, 2.24) is 4.31 Å². The number of fused-ring (bicyclic) bond motifs is 1. The maximum atomic E-state index is 12.8. The van der Waals surface area contributed by atoms with E-state index in [0.29, 0.717) is 18.0 Å². The Hall–Kier alpha value is -1.59. The highest BCUT2D eigenvalue weighted by atomic mass is 32.2. The van der Waals surface area contributed by atoms with Crippen LogP contribution < -0.4 is 4.74 Å². The second-order valence-corrected chi connectivity index (χ2v) is 7.22. The monoisotopic (exact) mass is 321 g/mol. The number of ether oxygens (including phenoxy) is 1. The second kappa shape index (κ2) is 7.11. The minimum Gasteiger partial charge on any atom is -0.497 e. The zero-order valence-electron chi connectivity index (χ0n) is 13.4. The van der Waals surface area contributed by atoms with Gasteiger partial charge in [-0.2, -0.15) is 4.31 Å². The summed E-state index contributed by atoms with van der Waals surface area (Å²) in [4.78, 5) is 0.354. The zero-order chi connectivity index (χ0) is 16.2. The van der Waals surface area contributed by atoms with Gasteiger partial charge in [0.25, 0.3) is 0 Å². The first-order valence-corrected chi connectivity index (χ1v) is 9.05. The first-order valence-electron chi connectivity index (χ1n) is 7.61. The number of benzene rings is 2. The molecule has 0 saturated heterocycles. The fourth-order valence-corrected chi connectivity index (χ4v) is 4.15. The molecule has 0 N–H and O–H groups in total. The van der Waals surface area contributed by atoms with Gasteiger partial charge in [-0.25, -0.2) is 8.42 Å². The van der Waals surface area contributed by atoms with Gasteiger partial charge in [0, 0.05) is 13.1 Å². The number of hydrogen-bond donors (Lipinski definition) is 0. The Kier molecular flexibility index (Phi) is 5.42. The summed E-state index contributed by atoms with van der Waals surface area (Å²) in [6.07, 6.45) is 1.62. The third kappa shape index (κ3) is 3.42. The van der Waals surface area contributed by atoms with Crippen LogP contribution in [-0.4, -0.2) is 32.9 Å². The van der Waals surface area contributed by atoms with Gasteiger partial charge in [-0.05, 0) is 47.9 Å². The Morgan fingerprint density at radius 3 is 2.14 bits per heavy atom. The maximum absolute atomic E-state index is 12.8. The predicted octanol–water partition coefficient (Wildman–Crippen LogP) is 3.66. The Balaban J connectivity index is 2.44. The molecule has 0 radical (unpaired) electrons. The molecule has 22 heavy (non-hydrogen) atoms. The van der Waals surface area contributed by atoms with E-state index >= 15 is 0 Å². The van der Waals surface area contributed by atoms with Crippen LogP contribution in [0.25, 0.3) is 10.8 Å². The molecular weight excluding hydrogens is 298 g/mol. The summed E-state index contributed by atoms with van der Waals surface area (Å²) in [5, 5.41) is 1.87. The quantitative estimate of drug-likeness (QED) is 0.782. The molecule has 2 aromatic rings. The third-order valence-electron chi connectivity index (χ3n) is 3.60. The van der Waals surface area contributed by atoms with Crippen LogP contribution in [0.2, 0.25) is 0 Å². The van der Waals surface area contributed by atoms with E-state index in [4.69, 9.17) is 4.74 Å². The van der Waals surface area contributed by atoms with Crippen molar-refractivity contribution in [3.05, 3.63) is 36.4 Å². The molecule has 0 amide bonds. The molecule has 4 nitrogen and oxygen atoms in total. The highest BCUT2D eigenvalue weighted by Crippen LogP contribution is 2.25. The summed E-state index contributed by atoms with van der Waals surface area (Å²) in [7, 11) is -1.81. The summed E-state index contributed by atoms with van der Waals surface area (Å²) < 4.78 is 32.3. The van der Waals surface area contributed by atoms with Crippen molar-refractivity contribution in [3.8, 4) is 5.75 Å². The average molecular weight is 321 g/mol. The van der Waals surface area contributed by atoms with E-state index in [0.717, 1.165) is 29.4 Å². The average Bonchev–Trinajstić information content (AvgIpc) is 2.53. The molecule has 0 aromatic heterocycles. The van der Waals surface area contributed by atoms with Crippen LogP contribution in [0.1, 0.15) is 26.7 Å². The summed E-state index contributed by atoms with van der Waals surface area (Å²) >= 11 is 0. The van der Waals surface area contributed by atoms with E-state index < -0.39 is 10.0 Å². The topological polar surface area (TPSA) is 46.6 Å². The van der Waals surface area contributed by atoms with Crippen LogP contribution in [-0.2, 0) is 10.0 Å². The van der Waals surface area contributed by atoms with E-state index in [1.54, 1.807) is 23.5 Å². The van der Waals surface area contributed by atoms with Gasteiger partial charge < -0.3 is 4.74 Å². The van der Waals surface area contributed by atoms with E-state index in [1.165, 1.54) is 0 Å². The largest absolute Gasteiger partial charge is 0.497 e. The lowest BCUT2D eigenvalue weighted by Crippen LogP contribution is -2.32. The van der Waals surface area contributed by atoms with Crippen molar-refractivity contribution < 1.29 is 13.2 Å². The molecule has 0 aliphatic heterocycles. The van der Waals surface area contributed by atoms with Crippen molar-refractivity contribution >= 4 is 20.8 Å². The Morgan fingerprint density at radius 1 is 0.955 bits per heavy atom. The fraction of sp³-hybridized carbons (Fsp3) is 0.412. The van der Waals surface area contributed by atoms with E-state index in [2.05, 4.69) is 0 Å². The number of sulfonamides is 1. The van der Waals surface area contributed by atoms with E-state index in [-0.39, 0.29) is 0 Å². The zero-order valence-corrected chi connectivity index (χ0v) is 14.2. The standard InChI is InChI=1S/C17H23NO3S/c1-4-10-18(11-5-2)22(19,20)17-9-7-14-12-16(21-3)8-6-15(14)13-17/h6-9,12-13H,4-5,10-11H2,1-3H3. The van der Waals surface area contributed by atoms with Gasteiger partial charge >= 0.3 is 0 Å². The number of nitrogens with zero attached hydrogens (tertiary/aromatic N) is 1. The second-order valence-electron chi connectivity index (χ2n) is 5.28. The lowest BCUT2D eigenvalue weighted by molar-refractivity contribution is 0.410. The predicted molar refractivity (Wildman–Crippen MR) is 89.8 cm³/mol. The lowest BCUT2D eigenvalue weighted by Gasteiger charge is -2.21. The number of methoxy groups -OCH3 is 1. The first-order chi connectivity index (χ1) is 10.5. The third-order valence-corrected chi connectivity index (χ3v) is 5.50. The molecule has 2 aromatic carbocycles. The smallest absolute Gasteiger partial charge is 0.243 e. The van der Waals surface area contributed by atoms with Gasteiger partial charge in [-0.15, -0.1) is 0 Å². The minimum absolute atomic E-state index is 0.354. The summed E-state index contributed by atoms with van der Waals surface area (Å²) in [6, 6.07) is 10.9. The van der Waals surface area contributed by atoms with Crippen LogP contribution in [0.15, 0.2) is 41.3 Å². The van der Waals surface area contributed by atoms with Crippen LogP contribution in [0.4, 0.5) is 0 Å². The SMILES string of the molecule is CCCN(CCC)S(=O)(=O)c1ccc2cc(OC)ccc2c1. The molecule has 2 rings (SSSR count). The molecule has 0 fully saturated rings. The molecule has 0 unspecified atom stereocenters. The lowest BCUT2D eigenvalue weighted by atomic mass is 10.1. The summed E-state index contributed by atoms with van der Waals surface area (Å²) in [6.45, 7) is 5.09. The normalized spacial score (nSPS) is 12.0. The molecular formula is C17H23NO3S. The molecule has 5 heteroatoms. The van der Waals surface area contributed by atoms with Crippen molar-refractivity contribution in [2.75, 3.05) is 20.2 Å². The Bertz CT molecular complexity index is 735. The van der Waals surface area contributed by atoms with Crippen molar-refractivity contribution in [2.24, 2.45) is 0 Å². The van der Waals surface area contributed by atoms with Gasteiger partial charge in [0.2, 0.25) is 10.0 Å². The van der Waals surface area contributed by atoms with Crippen LogP contribution in [0.3, 0.4) is 0 Å². The van der Waals surface area contributed by atoms with E-state index in [1.807, 2.05) is 38.1 Å².